The van der Waals surface area contributed by atoms with Gasteiger partial charge in [0.15, 0.2) is 0 Å². The first kappa shape index (κ1) is 41.2. The van der Waals surface area contributed by atoms with Crippen molar-refractivity contribution in [3.8, 4) is 16.9 Å². The molecule has 3 N–H and O–H groups in total. The number of benzene rings is 3. The molecule has 1 aliphatic heterocycles. The quantitative estimate of drug-likeness (QED) is 0.195. The Labute approximate surface area is 332 Å². The number of ether oxygens (including phenoxy) is 1. The first-order valence-electron chi connectivity index (χ1n) is 20.1. The van der Waals surface area contributed by atoms with E-state index in [0.29, 0.717) is 42.0 Å². The zero-order valence-corrected chi connectivity index (χ0v) is 34.5. The average molecular weight is 768 g/mol. The Morgan fingerprint density at radius 3 is 2.39 bits per heavy atom. The van der Waals surface area contributed by atoms with Gasteiger partial charge in [-0.25, -0.2) is 0 Å². The molecule has 302 valence electrons. The van der Waals surface area contributed by atoms with Gasteiger partial charge >= 0.3 is 0 Å². The Morgan fingerprint density at radius 2 is 1.79 bits per heavy atom. The van der Waals surface area contributed by atoms with Gasteiger partial charge in [-0.2, -0.15) is 5.06 Å². The molecule has 3 aromatic rings. The maximum Gasteiger partial charge on any atom is 0.251 e. The normalized spacial score (nSPS) is 25.8. The number of carbonyl (C=O) groups excluding carboxylic acids is 3. The van der Waals surface area contributed by atoms with Gasteiger partial charge in [0.05, 0.1) is 20.3 Å². The first-order chi connectivity index (χ1) is 26.7. The van der Waals surface area contributed by atoms with Gasteiger partial charge in [-0.1, -0.05) is 69.3 Å². The van der Waals surface area contributed by atoms with E-state index in [-0.39, 0.29) is 42.3 Å². The number of amides is 3. The Morgan fingerprint density at radius 1 is 1.05 bits per heavy atom. The number of methoxy groups -OCH3 is 1. The number of fused-ring (bicyclic) bond motifs is 2. The van der Waals surface area contributed by atoms with Gasteiger partial charge in [0.2, 0.25) is 11.8 Å². The molecule has 1 unspecified atom stereocenters. The van der Waals surface area contributed by atoms with E-state index in [4.69, 9.17) is 9.57 Å². The summed E-state index contributed by atoms with van der Waals surface area (Å²) in [5, 5.41) is 18.8. The second-order valence-electron chi connectivity index (χ2n) is 16.9. The molecule has 3 aliphatic carbocycles. The Bertz CT molecular complexity index is 1880. The fourth-order valence-corrected chi connectivity index (χ4v) is 9.88. The van der Waals surface area contributed by atoms with Crippen molar-refractivity contribution in [1.29, 1.82) is 0 Å². The van der Waals surface area contributed by atoms with Crippen molar-refractivity contribution in [3.05, 3.63) is 83.4 Å². The van der Waals surface area contributed by atoms with Crippen LogP contribution in [0.25, 0.3) is 11.1 Å². The lowest BCUT2D eigenvalue weighted by atomic mass is 9.45. The SMILES string of the molecule is CNC(=O)c1cc(-c2cccc(CN3O[C@@H](CO)[C@H]([C@H](C)N(CCc4ccccc4)C(C)=O)C3C(=O)N[C@H]3C[C@H]4C[C@@H]([C@@H]3C)C4(C)C)c2OC)cc(N(C)C)c1. The van der Waals surface area contributed by atoms with Gasteiger partial charge in [-0.05, 0) is 78.7 Å². The first-order valence-corrected chi connectivity index (χ1v) is 20.1. The van der Waals surface area contributed by atoms with Gasteiger partial charge in [0, 0.05) is 75.0 Å². The summed E-state index contributed by atoms with van der Waals surface area (Å²) in [5.74, 6) is 0.992. The van der Waals surface area contributed by atoms with Gasteiger partial charge in [-0.15, -0.1) is 0 Å². The fraction of sp³-hybridized carbons (Fsp3) is 0.533. The molecule has 11 nitrogen and oxygen atoms in total. The molecule has 3 aromatic carbocycles. The van der Waals surface area contributed by atoms with E-state index in [9.17, 15) is 19.5 Å². The highest BCUT2D eigenvalue weighted by Crippen LogP contribution is 2.61. The fourth-order valence-electron chi connectivity index (χ4n) is 9.88. The van der Waals surface area contributed by atoms with E-state index < -0.39 is 24.1 Å². The summed E-state index contributed by atoms with van der Waals surface area (Å²) >= 11 is 0. The van der Waals surface area contributed by atoms with E-state index in [0.717, 1.165) is 34.4 Å². The van der Waals surface area contributed by atoms with Crippen molar-refractivity contribution in [2.45, 2.75) is 84.7 Å². The standard InChI is InChI=1S/C45H61N5O6/c1-27-37-23-34(45(37,4)5)24-38(27)47-44(54)41-40(28(2)49(29(3)52)19-18-30-14-11-10-12-15-30)39(26-51)56-50(41)25-31-16-13-17-36(42(31)55-9)32-20-33(43(53)46-6)22-35(21-32)48(7)8/h10-17,20-22,27-28,34,37-41,51H,18-19,23-26H2,1-9H3,(H,46,53)(H,47,54)/t27-,28-,34+,37-,38-,39-,40-,41?/m0/s1. The second-order valence-corrected chi connectivity index (χ2v) is 16.9. The summed E-state index contributed by atoms with van der Waals surface area (Å²) in [7, 11) is 7.08. The third kappa shape index (κ3) is 8.04. The third-order valence-corrected chi connectivity index (χ3v) is 13.3. The lowest BCUT2D eigenvalue weighted by Gasteiger charge is -2.62. The summed E-state index contributed by atoms with van der Waals surface area (Å²) in [5.41, 5.74) is 5.10. The van der Waals surface area contributed by atoms with Crippen LogP contribution in [0.5, 0.6) is 5.75 Å². The molecule has 0 radical (unpaired) electrons. The summed E-state index contributed by atoms with van der Waals surface area (Å²) in [6.45, 7) is 10.8. The number of hydroxylamine groups is 2. The van der Waals surface area contributed by atoms with Gasteiger partial charge in [0.1, 0.15) is 17.9 Å². The maximum absolute atomic E-state index is 14.9. The number of aliphatic hydroxyl groups excluding tert-OH is 1. The minimum Gasteiger partial charge on any atom is -0.496 e. The number of hydrogen-bond acceptors (Lipinski definition) is 8. The van der Waals surface area contributed by atoms with E-state index >= 15 is 0 Å². The van der Waals surface area contributed by atoms with Crippen LogP contribution in [-0.4, -0.2) is 98.4 Å². The molecule has 2 bridgehead atoms. The molecular weight excluding hydrogens is 707 g/mol. The molecule has 4 fully saturated rings. The summed E-state index contributed by atoms with van der Waals surface area (Å²) in [6, 6.07) is 20.3. The number of para-hydroxylation sites is 1. The van der Waals surface area contributed by atoms with Crippen molar-refractivity contribution in [2.24, 2.45) is 29.1 Å². The van der Waals surface area contributed by atoms with Crippen molar-refractivity contribution >= 4 is 23.4 Å². The maximum atomic E-state index is 14.9. The van der Waals surface area contributed by atoms with Crippen molar-refractivity contribution in [2.75, 3.05) is 46.3 Å². The number of nitrogens with zero attached hydrogens (tertiary/aromatic N) is 3. The number of rotatable bonds is 14. The van der Waals surface area contributed by atoms with E-state index in [1.165, 1.54) is 6.42 Å². The number of aliphatic hydroxyl groups is 1. The summed E-state index contributed by atoms with van der Waals surface area (Å²) in [4.78, 5) is 51.4. The van der Waals surface area contributed by atoms with Crippen LogP contribution in [0.2, 0.25) is 0 Å². The summed E-state index contributed by atoms with van der Waals surface area (Å²) in [6.07, 6.45) is 2.03. The Kier molecular flexibility index (Phi) is 12.5. The van der Waals surface area contributed by atoms with Crippen LogP contribution in [0.15, 0.2) is 66.7 Å². The van der Waals surface area contributed by atoms with Crippen LogP contribution in [0.3, 0.4) is 0 Å². The van der Waals surface area contributed by atoms with Crippen LogP contribution < -0.4 is 20.3 Å². The van der Waals surface area contributed by atoms with E-state index in [2.05, 4.69) is 31.4 Å². The van der Waals surface area contributed by atoms with Crippen LogP contribution in [0.1, 0.15) is 68.9 Å². The molecule has 56 heavy (non-hydrogen) atoms. The topological polar surface area (TPSA) is 124 Å². The molecule has 0 spiro atoms. The minimum atomic E-state index is -0.815. The van der Waals surface area contributed by atoms with Crippen LogP contribution in [-0.2, 0) is 27.4 Å². The monoisotopic (exact) mass is 767 g/mol. The highest BCUT2D eigenvalue weighted by molar-refractivity contribution is 5.97. The van der Waals surface area contributed by atoms with E-state index in [1.807, 2.05) is 97.5 Å². The molecule has 4 aliphatic rings. The van der Waals surface area contributed by atoms with Crippen LogP contribution in [0.4, 0.5) is 5.69 Å². The van der Waals surface area contributed by atoms with E-state index in [1.54, 1.807) is 26.1 Å². The smallest absolute Gasteiger partial charge is 0.251 e. The average Bonchev–Trinajstić information content (AvgIpc) is 3.56. The highest BCUT2D eigenvalue weighted by Gasteiger charge is 2.57. The van der Waals surface area contributed by atoms with Gasteiger partial charge in [-0.3, -0.25) is 19.2 Å². The zero-order chi connectivity index (χ0) is 40.5. The van der Waals surface area contributed by atoms with Crippen molar-refractivity contribution < 1.29 is 29.1 Å². The second kappa shape index (κ2) is 17.0. The number of hydrogen-bond donors (Lipinski definition) is 3. The third-order valence-electron chi connectivity index (χ3n) is 13.3. The van der Waals surface area contributed by atoms with Crippen LogP contribution in [0, 0.1) is 29.1 Å². The predicted molar refractivity (Wildman–Crippen MR) is 219 cm³/mol. The molecule has 8 atom stereocenters. The molecule has 3 amide bonds. The largest absolute Gasteiger partial charge is 0.496 e. The van der Waals surface area contributed by atoms with Crippen molar-refractivity contribution in [3.63, 3.8) is 0 Å². The molecular formula is C45H61N5O6. The minimum absolute atomic E-state index is 0.0172. The highest BCUT2D eigenvalue weighted by atomic mass is 16.7. The molecule has 7 rings (SSSR count). The Hall–Kier alpha value is -4.45. The van der Waals surface area contributed by atoms with Crippen molar-refractivity contribution in [1.82, 2.24) is 20.6 Å². The Balaban J connectivity index is 1.36. The predicted octanol–water partition coefficient (Wildman–Crippen LogP) is 5.55. The molecule has 0 aromatic heterocycles. The summed E-state index contributed by atoms with van der Waals surface area (Å²) < 4.78 is 6.11. The molecule has 1 heterocycles. The molecule has 11 heteroatoms. The number of anilines is 1. The van der Waals surface area contributed by atoms with Gasteiger partial charge in [0.25, 0.3) is 5.91 Å². The lowest BCUT2D eigenvalue weighted by molar-refractivity contribution is -0.183. The zero-order valence-electron chi connectivity index (χ0n) is 34.5. The lowest BCUT2D eigenvalue weighted by Crippen LogP contribution is -2.63. The molecule has 1 saturated heterocycles. The number of carbonyl (C=O) groups is 3. The number of nitrogens with one attached hydrogen (secondary N) is 2. The van der Waals surface area contributed by atoms with Gasteiger partial charge < -0.3 is 30.3 Å². The van der Waals surface area contributed by atoms with Crippen LogP contribution >= 0.6 is 0 Å². The molecule has 3 saturated carbocycles.